The van der Waals surface area contributed by atoms with Crippen LogP contribution in [0, 0.1) is 11.8 Å². The van der Waals surface area contributed by atoms with E-state index in [4.69, 9.17) is 4.74 Å². The predicted octanol–water partition coefficient (Wildman–Crippen LogP) is 1.18. The zero-order valence-electron chi connectivity index (χ0n) is 16.8. The number of aliphatic carboxylic acids is 1. The van der Waals surface area contributed by atoms with Crippen molar-refractivity contribution in [2.75, 3.05) is 6.61 Å². The van der Waals surface area contributed by atoms with Gasteiger partial charge in [-0.3, -0.25) is 4.79 Å². The fourth-order valence-corrected chi connectivity index (χ4v) is 3.44. The fraction of sp³-hybridized carbons (Fsp3) is 0.810. The van der Waals surface area contributed by atoms with E-state index in [0.29, 0.717) is 19.4 Å². The Morgan fingerprint density at radius 2 is 1.50 bits per heavy atom. The van der Waals surface area contributed by atoms with Crippen molar-refractivity contribution in [2.45, 2.75) is 90.4 Å². The Labute approximate surface area is 181 Å². The van der Waals surface area contributed by atoms with Gasteiger partial charge in [-0.15, -0.1) is 0 Å². The molecule has 0 N–H and O–H groups in total. The summed E-state index contributed by atoms with van der Waals surface area (Å²) in [6.07, 6.45) is 17.9. The molecule has 0 bridgehead atoms. The Bertz CT molecular complexity index is 409. The molecule has 0 heterocycles. The molecule has 1 saturated carbocycles. The van der Waals surface area contributed by atoms with E-state index >= 15 is 0 Å². The Balaban J connectivity index is 0.00000625. The first-order valence-electron chi connectivity index (χ1n) is 10.2. The van der Waals surface area contributed by atoms with Crippen molar-refractivity contribution in [1.29, 1.82) is 0 Å². The van der Waals surface area contributed by atoms with Crippen LogP contribution in [0.5, 0.6) is 0 Å². The average molecular weight is 374 g/mol. The van der Waals surface area contributed by atoms with Gasteiger partial charge in [0.25, 0.3) is 0 Å². The Kier molecular flexibility index (Phi) is 16.6. The average Bonchev–Trinajstić information content (AvgIpc) is 2.62. The normalized spacial score (nSPS) is 19.9. The van der Waals surface area contributed by atoms with Crippen LogP contribution in [-0.4, -0.2) is 18.5 Å². The van der Waals surface area contributed by atoms with Gasteiger partial charge in [0.1, 0.15) is 0 Å². The largest absolute Gasteiger partial charge is 1.00 e. The van der Waals surface area contributed by atoms with E-state index in [9.17, 15) is 14.7 Å². The number of hydrogen-bond donors (Lipinski definition) is 0. The first-order valence-corrected chi connectivity index (χ1v) is 10.2. The Hall–Kier alpha value is -0.320. The first kappa shape index (κ1) is 25.7. The van der Waals surface area contributed by atoms with Crippen LogP contribution < -0.4 is 34.7 Å². The molecule has 0 saturated heterocycles. The standard InChI is InChI=1S/C21H36O4.Na/c1-2-3-4-5-6-7-8-9-10-11-14-17-25-21(24)19-16-13-12-15-18(19)20(22)23;/h7-8,18-19H,2-6,9-17H2,1H3,(H,22,23);/q;+1/p-1/b8-7+;. The fourth-order valence-electron chi connectivity index (χ4n) is 3.44. The molecule has 2 atom stereocenters. The molecule has 1 aliphatic carbocycles. The SMILES string of the molecule is CCCCCC/C=C/CCCCCOC(=O)C1CCCCC1C(=O)[O-].[Na+]. The van der Waals surface area contributed by atoms with Gasteiger partial charge in [-0.1, -0.05) is 51.2 Å². The van der Waals surface area contributed by atoms with Crippen LogP contribution in [0.3, 0.4) is 0 Å². The maximum atomic E-state index is 12.1. The first-order chi connectivity index (χ1) is 12.2. The second kappa shape index (κ2) is 16.8. The molecule has 0 radical (unpaired) electrons. The van der Waals surface area contributed by atoms with Crippen LogP contribution in [0.25, 0.3) is 0 Å². The molecule has 0 amide bonds. The number of carbonyl (C=O) groups is 2. The molecular formula is C21H35NaO4. The van der Waals surface area contributed by atoms with Gasteiger partial charge in [0.15, 0.2) is 0 Å². The number of unbranched alkanes of at least 4 members (excludes halogenated alkanes) is 7. The minimum atomic E-state index is -1.11. The molecule has 1 aliphatic rings. The molecule has 0 aromatic carbocycles. The molecule has 1 rings (SSSR count). The van der Waals surface area contributed by atoms with Crippen LogP contribution in [0.4, 0.5) is 0 Å². The van der Waals surface area contributed by atoms with Crippen LogP contribution in [0.1, 0.15) is 90.4 Å². The summed E-state index contributed by atoms with van der Waals surface area (Å²) < 4.78 is 5.30. The minimum Gasteiger partial charge on any atom is -0.550 e. The number of carboxylic acid groups (broad SMARTS) is 1. The third-order valence-electron chi connectivity index (χ3n) is 5.02. The van der Waals surface area contributed by atoms with Crippen LogP contribution in [0.15, 0.2) is 12.2 Å². The maximum absolute atomic E-state index is 12.1. The van der Waals surface area contributed by atoms with E-state index < -0.39 is 17.8 Å². The molecule has 0 spiro atoms. The van der Waals surface area contributed by atoms with Crippen molar-refractivity contribution >= 4 is 11.9 Å². The van der Waals surface area contributed by atoms with Crippen molar-refractivity contribution in [2.24, 2.45) is 11.8 Å². The number of ether oxygens (including phenoxy) is 1. The molecule has 4 nitrogen and oxygen atoms in total. The predicted molar refractivity (Wildman–Crippen MR) is 97.8 cm³/mol. The molecule has 0 aliphatic heterocycles. The summed E-state index contributed by atoms with van der Waals surface area (Å²) in [7, 11) is 0. The van der Waals surface area contributed by atoms with Gasteiger partial charge in [-0.25, -0.2) is 0 Å². The van der Waals surface area contributed by atoms with E-state index in [2.05, 4.69) is 19.1 Å². The van der Waals surface area contributed by atoms with Gasteiger partial charge >= 0.3 is 35.5 Å². The molecular weight excluding hydrogens is 339 g/mol. The van der Waals surface area contributed by atoms with E-state index in [1.54, 1.807) is 0 Å². The third-order valence-corrected chi connectivity index (χ3v) is 5.02. The maximum Gasteiger partial charge on any atom is 1.00 e. The van der Waals surface area contributed by atoms with Gasteiger partial charge in [-0.05, 0) is 51.4 Å². The number of allylic oxidation sites excluding steroid dienone is 2. The number of carboxylic acids is 1. The zero-order chi connectivity index (χ0) is 18.3. The second-order valence-corrected chi connectivity index (χ2v) is 7.15. The van der Waals surface area contributed by atoms with Crippen molar-refractivity contribution in [3.63, 3.8) is 0 Å². The number of esters is 1. The topological polar surface area (TPSA) is 66.4 Å². The van der Waals surface area contributed by atoms with E-state index in [1.165, 1.54) is 32.1 Å². The van der Waals surface area contributed by atoms with Crippen molar-refractivity contribution in [3.05, 3.63) is 12.2 Å². The molecule has 1 fully saturated rings. The number of carbonyl (C=O) groups excluding carboxylic acids is 2. The zero-order valence-corrected chi connectivity index (χ0v) is 18.8. The van der Waals surface area contributed by atoms with E-state index in [-0.39, 0.29) is 35.5 Å². The van der Waals surface area contributed by atoms with Gasteiger partial charge in [-0.2, -0.15) is 0 Å². The quantitative estimate of drug-likeness (QED) is 0.210. The van der Waals surface area contributed by atoms with Crippen molar-refractivity contribution < 1.29 is 49.0 Å². The van der Waals surface area contributed by atoms with Crippen molar-refractivity contribution in [3.8, 4) is 0 Å². The molecule has 0 aromatic heterocycles. The number of hydrogen-bond acceptors (Lipinski definition) is 4. The summed E-state index contributed by atoms with van der Waals surface area (Å²) in [5.74, 6) is -2.62. The molecule has 0 aromatic rings. The van der Waals surface area contributed by atoms with Gasteiger partial charge in [0, 0.05) is 11.9 Å². The van der Waals surface area contributed by atoms with Crippen LogP contribution in [0.2, 0.25) is 0 Å². The molecule has 5 heteroatoms. The van der Waals surface area contributed by atoms with Crippen LogP contribution in [-0.2, 0) is 14.3 Å². The van der Waals surface area contributed by atoms with Gasteiger partial charge in [0.05, 0.1) is 12.5 Å². The van der Waals surface area contributed by atoms with Gasteiger partial charge in [0.2, 0.25) is 0 Å². The Morgan fingerprint density at radius 1 is 0.923 bits per heavy atom. The minimum absolute atomic E-state index is 0. The van der Waals surface area contributed by atoms with E-state index in [0.717, 1.165) is 38.5 Å². The summed E-state index contributed by atoms with van der Waals surface area (Å²) >= 11 is 0. The van der Waals surface area contributed by atoms with Crippen LogP contribution >= 0.6 is 0 Å². The molecule has 144 valence electrons. The van der Waals surface area contributed by atoms with Gasteiger partial charge < -0.3 is 14.6 Å². The Morgan fingerprint density at radius 3 is 2.08 bits per heavy atom. The van der Waals surface area contributed by atoms with Crippen molar-refractivity contribution in [1.82, 2.24) is 0 Å². The summed E-state index contributed by atoms with van der Waals surface area (Å²) in [5.41, 5.74) is 0. The summed E-state index contributed by atoms with van der Waals surface area (Å²) in [6, 6.07) is 0. The second-order valence-electron chi connectivity index (χ2n) is 7.15. The molecule has 26 heavy (non-hydrogen) atoms. The smallest absolute Gasteiger partial charge is 0.550 e. The number of rotatable bonds is 13. The summed E-state index contributed by atoms with van der Waals surface area (Å²) in [6.45, 7) is 2.62. The summed E-state index contributed by atoms with van der Waals surface area (Å²) in [4.78, 5) is 23.2. The summed E-state index contributed by atoms with van der Waals surface area (Å²) in [5, 5.41) is 11.1. The molecule has 2 unspecified atom stereocenters. The monoisotopic (exact) mass is 374 g/mol. The third kappa shape index (κ3) is 11.4. The van der Waals surface area contributed by atoms with E-state index in [1.807, 2.05) is 0 Å².